The molecule has 2 aliphatic heterocycles. The lowest BCUT2D eigenvalue weighted by molar-refractivity contribution is 0.116. The number of rotatable bonds is 4. The lowest BCUT2D eigenvalue weighted by Gasteiger charge is -2.33. The summed E-state index contributed by atoms with van der Waals surface area (Å²) in [7, 11) is 0. The van der Waals surface area contributed by atoms with Crippen LogP contribution in [0.4, 0.5) is 0 Å². The first kappa shape index (κ1) is 17.5. The summed E-state index contributed by atoms with van der Waals surface area (Å²) >= 11 is 0. The number of aliphatic imine (C=N–C) groups is 2. The Morgan fingerprint density at radius 1 is 1.19 bits per heavy atom. The zero-order valence-electron chi connectivity index (χ0n) is 15.5. The molecule has 0 aromatic heterocycles. The average molecular weight is 355 g/mol. The number of phenolic OH excluding ortho intramolecular Hbond substituents is 1. The number of phenols is 1. The standard InChI is InChI=1S/C21H29N3O2/c1-2-17-19(20(24-13-23-17)15-9-6-10-16(25)11-15)21-22-12-18(26-21)14-7-4-3-5-8-14/h6,9-11,14,18-20,24-25H,2-5,7-8,12-13H2,1H3. The van der Waals surface area contributed by atoms with E-state index >= 15 is 0 Å². The molecular formula is C21H29N3O2. The van der Waals surface area contributed by atoms with Crippen molar-refractivity contribution >= 4 is 11.6 Å². The fraction of sp³-hybridized carbons (Fsp3) is 0.619. The van der Waals surface area contributed by atoms with Crippen molar-refractivity contribution in [1.82, 2.24) is 5.32 Å². The summed E-state index contributed by atoms with van der Waals surface area (Å²) in [5, 5.41) is 13.4. The lowest BCUT2D eigenvalue weighted by atomic mass is 9.85. The van der Waals surface area contributed by atoms with Gasteiger partial charge in [0, 0.05) is 5.71 Å². The molecule has 2 heterocycles. The third-order valence-electron chi connectivity index (χ3n) is 6.02. The fourth-order valence-corrected chi connectivity index (χ4v) is 4.63. The van der Waals surface area contributed by atoms with Crippen molar-refractivity contribution in [2.75, 3.05) is 13.2 Å². The molecule has 3 aliphatic rings. The zero-order chi connectivity index (χ0) is 17.9. The van der Waals surface area contributed by atoms with E-state index < -0.39 is 0 Å². The maximum absolute atomic E-state index is 9.91. The van der Waals surface area contributed by atoms with Gasteiger partial charge < -0.3 is 9.84 Å². The molecule has 3 unspecified atom stereocenters. The van der Waals surface area contributed by atoms with Crippen LogP contribution >= 0.6 is 0 Å². The van der Waals surface area contributed by atoms with Gasteiger partial charge in [-0.05, 0) is 42.9 Å². The van der Waals surface area contributed by atoms with Crippen LogP contribution in [0.1, 0.15) is 57.1 Å². The number of nitrogens with one attached hydrogen (secondary N) is 1. The summed E-state index contributed by atoms with van der Waals surface area (Å²) in [6, 6.07) is 7.52. The molecule has 3 atom stereocenters. The van der Waals surface area contributed by atoms with Crippen LogP contribution in [0.3, 0.4) is 0 Å². The van der Waals surface area contributed by atoms with Gasteiger partial charge in [0.15, 0.2) is 5.90 Å². The Kier molecular flexibility index (Phi) is 5.25. The van der Waals surface area contributed by atoms with Crippen LogP contribution in [0, 0.1) is 11.8 Å². The fourth-order valence-electron chi connectivity index (χ4n) is 4.63. The first-order valence-electron chi connectivity index (χ1n) is 10.0. The zero-order valence-corrected chi connectivity index (χ0v) is 15.5. The summed E-state index contributed by atoms with van der Waals surface area (Å²) in [5.41, 5.74) is 2.20. The van der Waals surface area contributed by atoms with Gasteiger partial charge in [0.1, 0.15) is 11.9 Å². The molecule has 0 bridgehead atoms. The summed E-state index contributed by atoms with van der Waals surface area (Å²) in [4.78, 5) is 9.52. The number of benzene rings is 1. The Balaban J connectivity index is 1.56. The highest BCUT2D eigenvalue weighted by molar-refractivity contribution is 6.06. The minimum Gasteiger partial charge on any atom is -0.508 e. The molecule has 0 amide bonds. The molecular weight excluding hydrogens is 326 g/mol. The SMILES string of the molecule is CCC1=NCNC(c2cccc(O)c2)C1C1=NCC(C2CCCCC2)O1. The van der Waals surface area contributed by atoms with Crippen LogP contribution in [-0.2, 0) is 4.74 Å². The van der Waals surface area contributed by atoms with Gasteiger partial charge in [-0.15, -0.1) is 0 Å². The Hall–Kier alpha value is -1.88. The highest BCUT2D eigenvalue weighted by atomic mass is 16.5. The molecule has 1 aliphatic carbocycles. The molecule has 26 heavy (non-hydrogen) atoms. The number of aromatic hydroxyl groups is 1. The summed E-state index contributed by atoms with van der Waals surface area (Å²) < 4.78 is 6.42. The van der Waals surface area contributed by atoms with E-state index in [1.165, 1.54) is 32.1 Å². The van der Waals surface area contributed by atoms with Crippen molar-refractivity contribution in [2.45, 2.75) is 57.6 Å². The predicted octanol–water partition coefficient (Wildman–Crippen LogP) is 3.84. The van der Waals surface area contributed by atoms with Crippen LogP contribution in [0.5, 0.6) is 5.75 Å². The van der Waals surface area contributed by atoms with E-state index in [1.54, 1.807) is 6.07 Å². The quantitative estimate of drug-likeness (QED) is 0.862. The number of nitrogens with zero attached hydrogens (tertiary/aromatic N) is 2. The average Bonchev–Trinajstić information content (AvgIpc) is 3.18. The lowest BCUT2D eigenvalue weighted by Crippen LogP contribution is -2.43. The Morgan fingerprint density at radius 2 is 2.04 bits per heavy atom. The van der Waals surface area contributed by atoms with Crippen molar-refractivity contribution in [3.8, 4) is 5.75 Å². The van der Waals surface area contributed by atoms with Crippen molar-refractivity contribution < 1.29 is 9.84 Å². The molecule has 0 spiro atoms. The van der Waals surface area contributed by atoms with Crippen molar-refractivity contribution in [1.29, 1.82) is 0 Å². The third-order valence-corrected chi connectivity index (χ3v) is 6.02. The Bertz CT molecular complexity index is 694. The van der Waals surface area contributed by atoms with Crippen LogP contribution < -0.4 is 5.32 Å². The molecule has 1 aromatic carbocycles. The third kappa shape index (κ3) is 3.50. The van der Waals surface area contributed by atoms with Gasteiger partial charge in [-0.3, -0.25) is 15.3 Å². The normalized spacial score (nSPS) is 29.8. The predicted molar refractivity (Wildman–Crippen MR) is 104 cm³/mol. The van der Waals surface area contributed by atoms with Crippen LogP contribution in [-0.4, -0.2) is 36.0 Å². The number of hydrogen-bond donors (Lipinski definition) is 2. The van der Waals surface area contributed by atoms with Gasteiger partial charge in [0.25, 0.3) is 0 Å². The second-order valence-electron chi connectivity index (χ2n) is 7.65. The minimum atomic E-state index is 0.0177. The van der Waals surface area contributed by atoms with Crippen LogP contribution in [0.25, 0.3) is 0 Å². The molecule has 140 valence electrons. The van der Waals surface area contributed by atoms with E-state index in [9.17, 15) is 5.11 Å². The molecule has 5 nitrogen and oxygen atoms in total. The second-order valence-corrected chi connectivity index (χ2v) is 7.65. The highest BCUT2D eigenvalue weighted by Crippen LogP contribution is 2.35. The molecule has 5 heteroatoms. The van der Waals surface area contributed by atoms with Gasteiger partial charge >= 0.3 is 0 Å². The smallest absolute Gasteiger partial charge is 0.194 e. The molecule has 0 radical (unpaired) electrons. The van der Waals surface area contributed by atoms with Crippen molar-refractivity contribution in [3.05, 3.63) is 29.8 Å². The monoisotopic (exact) mass is 355 g/mol. The van der Waals surface area contributed by atoms with Gasteiger partial charge in [-0.1, -0.05) is 38.3 Å². The first-order valence-corrected chi connectivity index (χ1v) is 10.0. The molecule has 2 N–H and O–H groups in total. The maximum Gasteiger partial charge on any atom is 0.194 e. The number of ether oxygens (including phenoxy) is 1. The molecule has 0 saturated heterocycles. The minimum absolute atomic E-state index is 0.0177. The van der Waals surface area contributed by atoms with E-state index in [0.29, 0.717) is 12.6 Å². The summed E-state index contributed by atoms with van der Waals surface area (Å²) in [5.74, 6) is 1.78. The van der Waals surface area contributed by atoms with Gasteiger partial charge in [0.2, 0.25) is 0 Å². The van der Waals surface area contributed by atoms with E-state index in [-0.39, 0.29) is 23.8 Å². The molecule has 4 rings (SSSR count). The van der Waals surface area contributed by atoms with Crippen molar-refractivity contribution in [3.63, 3.8) is 0 Å². The Labute approximate surface area is 155 Å². The van der Waals surface area contributed by atoms with Crippen LogP contribution in [0.2, 0.25) is 0 Å². The van der Waals surface area contributed by atoms with Gasteiger partial charge in [0.05, 0.1) is 25.2 Å². The van der Waals surface area contributed by atoms with E-state index in [0.717, 1.165) is 30.1 Å². The maximum atomic E-state index is 9.91. The Morgan fingerprint density at radius 3 is 2.81 bits per heavy atom. The first-order chi connectivity index (χ1) is 12.8. The van der Waals surface area contributed by atoms with Gasteiger partial charge in [-0.2, -0.15) is 0 Å². The largest absolute Gasteiger partial charge is 0.508 e. The van der Waals surface area contributed by atoms with Crippen LogP contribution in [0.15, 0.2) is 34.3 Å². The van der Waals surface area contributed by atoms with E-state index in [2.05, 4.69) is 18.3 Å². The number of hydrogen-bond acceptors (Lipinski definition) is 5. The van der Waals surface area contributed by atoms with E-state index in [1.807, 2.05) is 12.1 Å². The van der Waals surface area contributed by atoms with Gasteiger partial charge in [-0.25, -0.2) is 0 Å². The van der Waals surface area contributed by atoms with Crippen molar-refractivity contribution in [2.24, 2.45) is 21.8 Å². The second kappa shape index (κ2) is 7.78. The van der Waals surface area contributed by atoms with E-state index in [4.69, 9.17) is 14.7 Å². The summed E-state index contributed by atoms with van der Waals surface area (Å²) in [6.45, 7) is 3.52. The molecule has 1 saturated carbocycles. The summed E-state index contributed by atoms with van der Waals surface area (Å²) in [6.07, 6.45) is 7.64. The highest BCUT2D eigenvalue weighted by Gasteiger charge is 2.39. The molecule has 1 aromatic rings. The molecule has 1 fully saturated rings. The topological polar surface area (TPSA) is 66.2 Å².